The summed E-state index contributed by atoms with van der Waals surface area (Å²) in [6.45, 7) is 1.34. The summed E-state index contributed by atoms with van der Waals surface area (Å²) in [5, 5.41) is 0. The quantitative estimate of drug-likeness (QED) is 0.658. The van der Waals surface area contributed by atoms with Crippen molar-refractivity contribution in [1.29, 1.82) is 0 Å². The van der Waals surface area contributed by atoms with E-state index in [0.717, 1.165) is 19.3 Å². The Hall–Kier alpha value is -1.15. The Labute approximate surface area is 96.6 Å². The lowest BCUT2D eigenvalue weighted by atomic mass is 10.1. The molecular formula is C14H18O2. The van der Waals surface area contributed by atoms with Gasteiger partial charge in [-0.3, -0.25) is 4.79 Å². The summed E-state index contributed by atoms with van der Waals surface area (Å²) in [6.07, 6.45) is 3.79. The average molecular weight is 218 g/mol. The highest BCUT2D eigenvalue weighted by Gasteiger charge is 2.28. The summed E-state index contributed by atoms with van der Waals surface area (Å²) >= 11 is 0. The molecule has 1 aromatic rings. The fourth-order valence-electron chi connectivity index (χ4n) is 1.72. The number of carbonyl (C=O) groups is 1. The van der Waals surface area contributed by atoms with Crippen LogP contribution in [0.5, 0.6) is 0 Å². The molecule has 0 radical (unpaired) electrons. The van der Waals surface area contributed by atoms with Crippen molar-refractivity contribution in [1.82, 2.24) is 0 Å². The summed E-state index contributed by atoms with van der Waals surface area (Å²) in [7, 11) is 0. The predicted molar refractivity (Wildman–Crippen MR) is 63.1 cm³/mol. The van der Waals surface area contributed by atoms with E-state index in [4.69, 9.17) is 4.74 Å². The third-order valence-electron chi connectivity index (χ3n) is 2.86. The SMILES string of the molecule is O=C(CCCOCc1ccccc1)C1CC1. The number of carbonyl (C=O) groups excluding carboxylic acids is 1. The zero-order valence-electron chi connectivity index (χ0n) is 9.52. The lowest BCUT2D eigenvalue weighted by molar-refractivity contribution is -0.120. The molecule has 0 atom stereocenters. The molecule has 1 aliphatic rings. The Morgan fingerprint density at radius 3 is 2.69 bits per heavy atom. The Morgan fingerprint density at radius 1 is 1.25 bits per heavy atom. The summed E-state index contributed by atoms with van der Waals surface area (Å²) in [4.78, 5) is 11.4. The van der Waals surface area contributed by atoms with E-state index in [2.05, 4.69) is 12.1 Å². The van der Waals surface area contributed by atoms with Crippen molar-refractivity contribution < 1.29 is 9.53 Å². The molecule has 16 heavy (non-hydrogen) atoms. The van der Waals surface area contributed by atoms with Crippen molar-refractivity contribution in [3.05, 3.63) is 35.9 Å². The molecule has 0 aromatic heterocycles. The second-order valence-electron chi connectivity index (χ2n) is 4.38. The largest absolute Gasteiger partial charge is 0.377 e. The maximum atomic E-state index is 11.4. The Balaban J connectivity index is 1.53. The van der Waals surface area contributed by atoms with Crippen molar-refractivity contribution >= 4 is 5.78 Å². The molecule has 1 saturated carbocycles. The van der Waals surface area contributed by atoms with Crippen molar-refractivity contribution in [3.63, 3.8) is 0 Å². The van der Waals surface area contributed by atoms with Crippen molar-refractivity contribution in [2.24, 2.45) is 5.92 Å². The molecule has 1 aliphatic carbocycles. The van der Waals surface area contributed by atoms with Crippen LogP contribution in [0.25, 0.3) is 0 Å². The molecule has 0 saturated heterocycles. The molecule has 2 rings (SSSR count). The minimum atomic E-state index is 0.397. The molecule has 0 spiro atoms. The highest BCUT2D eigenvalue weighted by molar-refractivity contribution is 5.83. The van der Waals surface area contributed by atoms with E-state index in [9.17, 15) is 4.79 Å². The van der Waals surface area contributed by atoms with E-state index in [1.54, 1.807) is 0 Å². The first-order valence-electron chi connectivity index (χ1n) is 6.00. The number of Topliss-reactive ketones (excluding diaryl/α,β-unsaturated/α-hetero) is 1. The number of ketones is 1. The van der Waals surface area contributed by atoms with E-state index < -0.39 is 0 Å². The van der Waals surface area contributed by atoms with Gasteiger partial charge in [-0.25, -0.2) is 0 Å². The van der Waals surface area contributed by atoms with Crippen LogP contribution in [0.2, 0.25) is 0 Å². The van der Waals surface area contributed by atoms with Crippen LogP contribution in [-0.2, 0) is 16.1 Å². The van der Waals surface area contributed by atoms with E-state index >= 15 is 0 Å². The van der Waals surface area contributed by atoms with Gasteiger partial charge in [0, 0.05) is 18.9 Å². The molecule has 2 heteroatoms. The van der Waals surface area contributed by atoms with E-state index in [0.29, 0.717) is 31.3 Å². The molecule has 0 N–H and O–H groups in total. The van der Waals surface area contributed by atoms with Crippen molar-refractivity contribution in [2.45, 2.75) is 32.3 Å². The Morgan fingerprint density at radius 2 is 2.00 bits per heavy atom. The van der Waals surface area contributed by atoms with Crippen LogP contribution in [-0.4, -0.2) is 12.4 Å². The summed E-state index contributed by atoms with van der Waals surface area (Å²) in [6, 6.07) is 10.1. The minimum Gasteiger partial charge on any atom is -0.377 e. The number of hydrogen-bond donors (Lipinski definition) is 0. The molecule has 2 nitrogen and oxygen atoms in total. The van der Waals surface area contributed by atoms with E-state index in [1.807, 2.05) is 18.2 Å². The highest BCUT2D eigenvalue weighted by atomic mass is 16.5. The molecular weight excluding hydrogens is 200 g/mol. The maximum absolute atomic E-state index is 11.4. The van der Waals surface area contributed by atoms with Crippen molar-refractivity contribution in [3.8, 4) is 0 Å². The van der Waals surface area contributed by atoms with E-state index in [-0.39, 0.29) is 0 Å². The van der Waals surface area contributed by atoms with Crippen LogP contribution in [0.15, 0.2) is 30.3 Å². The first kappa shape index (κ1) is 11.3. The Kier molecular flexibility index (Phi) is 4.11. The molecule has 0 heterocycles. The standard InChI is InChI=1S/C14H18O2/c15-14(13-8-9-13)7-4-10-16-11-12-5-2-1-3-6-12/h1-3,5-6,13H,4,7-11H2. The zero-order chi connectivity index (χ0) is 11.2. The van der Waals surface area contributed by atoms with Gasteiger partial charge in [0.25, 0.3) is 0 Å². The molecule has 1 aromatic carbocycles. The van der Waals surface area contributed by atoms with Gasteiger partial charge in [0.05, 0.1) is 6.61 Å². The average Bonchev–Trinajstić information content (AvgIpc) is 3.13. The van der Waals surface area contributed by atoms with Gasteiger partial charge in [-0.1, -0.05) is 30.3 Å². The van der Waals surface area contributed by atoms with Crippen LogP contribution in [0.4, 0.5) is 0 Å². The van der Waals surface area contributed by atoms with Crippen LogP contribution in [0.3, 0.4) is 0 Å². The summed E-state index contributed by atoms with van der Waals surface area (Å²) < 4.78 is 5.52. The fourth-order valence-corrected chi connectivity index (χ4v) is 1.72. The van der Waals surface area contributed by atoms with Crippen LogP contribution in [0, 0.1) is 5.92 Å². The highest BCUT2D eigenvalue weighted by Crippen LogP contribution is 2.31. The number of ether oxygens (including phenoxy) is 1. The third-order valence-corrected chi connectivity index (χ3v) is 2.86. The first-order valence-corrected chi connectivity index (χ1v) is 6.00. The predicted octanol–water partition coefficient (Wildman–Crippen LogP) is 2.96. The molecule has 0 aliphatic heterocycles. The normalized spacial score (nSPS) is 15.0. The maximum Gasteiger partial charge on any atom is 0.136 e. The topological polar surface area (TPSA) is 26.3 Å². The summed E-state index contributed by atoms with van der Waals surface area (Å²) in [5.41, 5.74) is 1.19. The van der Waals surface area contributed by atoms with Gasteiger partial charge in [-0.15, -0.1) is 0 Å². The van der Waals surface area contributed by atoms with Gasteiger partial charge < -0.3 is 4.74 Å². The van der Waals surface area contributed by atoms with Gasteiger partial charge in [0.2, 0.25) is 0 Å². The van der Waals surface area contributed by atoms with Crippen LogP contribution in [0.1, 0.15) is 31.2 Å². The Bertz CT molecular complexity index is 328. The third kappa shape index (κ3) is 3.78. The molecule has 0 bridgehead atoms. The minimum absolute atomic E-state index is 0.397. The molecule has 1 fully saturated rings. The molecule has 86 valence electrons. The van der Waals surface area contributed by atoms with E-state index in [1.165, 1.54) is 5.56 Å². The van der Waals surface area contributed by atoms with Gasteiger partial charge in [0.1, 0.15) is 5.78 Å². The van der Waals surface area contributed by atoms with Crippen molar-refractivity contribution in [2.75, 3.05) is 6.61 Å². The van der Waals surface area contributed by atoms with Crippen LogP contribution >= 0.6 is 0 Å². The lowest BCUT2D eigenvalue weighted by Gasteiger charge is -2.03. The van der Waals surface area contributed by atoms with Gasteiger partial charge in [-0.05, 0) is 24.8 Å². The second kappa shape index (κ2) is 5.80. The van der Waals surface area contributed by atoms with Gasteiger partial charge in [-0.2, -0.15) is 0 Å². The monoisotopic (exact) mass is 218 g/mol. The van der Waals surface area contributed by atoms with Crippen LogP contribution < -0.4 is 0 Å². The zero-order valence-corrected chi connectivity index (χ0v) is 9.52. The lowest BCUT2D eigenvalue weighted by Crippen LogP contribution is -2.03. The smallest absolute Gasteiger partial charge is 0.136 e. The number of benzene rings is 1. The molecule has 0 amide bonds. The second-order valence-corrected chi connectivity index (χ2v) is 4.38. The fraction of sp³-hybridized carbons (Fsp3) is 0.500. The van der Waals surface area contributed by atoms with Gasteiger partial charge in [0.15, 0.2) is 0 Å². The van der Waals surface area contributed by atoms with Gasteiger partial charge >= 0.3 is 0 Å². The summed E-state index contributed by atoms with van der Waals surface area (Å²) in [5.74, 6) is 0.831. The first-order chi connectivity index (χ1) is 7.86. The molecule has 0 unspecified atom stereocenters. The number of hydrogen-bond acceptors (Lipinski definition) is 2. The number of rotatable bonds is 7.